The quantitative estimate of drug-likeness (QED) is 0.786. The van der Waals surface area contributed by atoms with Gasteiger partial charge < -0.3 is 9.88 Å². The number of aromatic nitrogens is 1. The van der Waals surface area contributed by atoms with Crippen LogP contribution in [-0.2, 0) is 11.3 Å². The van der Waals surface area contributed by atoms with Gasteiger partial charge in [-0.3, -0.25) is 9.59 Å². The molecule has 86 valence electrons. The Morgan fingerprint density at radius 1 is 1.50 bits per heavy atom. The van der Waals surface area contributed by atoms with Gasteiger partial charge in [0.1, 0.15) is 0 Å². The lowest BCUT2D eigenvalue weighted by Gasteiger charge is -2.07. The number of hydrogen-bond donors (Lipinski definition) is 1. The third-order valence-corrected chi connectivity index (χ3v) is 2.03. The molecule has 1 aromatic rings. The standard InChI is InChI=1S/C12H16N2O2/c1-3-5-11(15)13-10-6-7-12(16)14(9-10)8-4-2/h3,5-7,9H,4,8H2,1-2H3,(H,13,15). The Bertz CT molecular complexity index is 447. The molecule has 0 saturated carbocycles. The van der Waals surface area contributed by atoms with Crippen molar-refractivity contribution in [2.75, 3.05) is 5.32 Å². The van der Waals surface area contributed by atoms with Crippen LogP contribution in [-0.4, -0.2) is 10.5 Å². The molecule has 0 radical (unpaired) electrons. The van der Waals surface area contributed by atoms with Gasteiger partial charge in [0, 0.05) is 18.8 Å². The number of carbonyl (C=O) groups excluding carboxylic acids is 1. The first-order chi connectivity index (χ1) is 7.67. The maximum Gasteiger partial charge on any atom is 0.250 e. The van der Waals surface area contributed by atoms with Crippen LogP contribution in [0, 0.1) is 0 Å². The summed E-state index contributed by atoms with van der Waals surface area (Å²) in [6.45, 7) is 4.43. The van der Waals surface area contributed by atoms with Gasteiger partial charge >= 0.3 is 0 Å². The van der Waals surface area contributed by atoms with Crippen molar-refractivity contribution in [3.63, 3.8) is 0 Å². The Hall–Kier alpha value is -1.84. The van der Waals surface area contributed by atoms with E-state index in [1.165, 1.54) is 12.1 Å². The third-order valence-electron chi connectivity index (χ3n) is 2.03. The van der Waals surface area contributed by atoms with Crippen LogP contribution in [0.4, 0.5) is 5.69 Å². The number of nitrogens with zero attached hydrogens (tertiary/aromatic N) is 1. The smallest absolute Gasteiger partial charge is 0.250 e. The first kappa shape index (κ1) is 12.2. The van der Waals surface area contributed by atoms with E-state index in [-0.39, 0.29) is 11.5 Å². The Morgan fingerprint density at radius 2 is 2.25 bits per heavy atom. The van der Waals surface area contributed by atoms with Crippen LogP contribution in [0.3, 0.4) is 0 Å². The van der Waals surface area contributed by atoms with Crippen molar-refractivity contribution in [3.05, 3.63) is 40.8 Å². The minimum Gasteiger partial charge on any atom is -0.321 e. The average molecular weight is 220 g/mol. The van der Waals surface area contributed by atoms with E-state index in [2.05, 4.69) is 5.32 Å². The highest BCUT2D eigenvalue weighted by molar-refractivity contribution is 5.99. The largest absolute Gasteiger partial charge is 0.321 e. The lowest BCUT2D eigenvalue weighted by molar-refractivity contribution is -0.111. The van der Waals surface area contributed by atoms with Gasteiger partial charge in [-0.2, -0.15) is 0 Å². The molecule has 1 rings (SSSR count). The summed E-state index contributed by atoms with van der Waals surface area (Å²) in [6, 6.07) is 3.07. The van der Waals surface area contributed by atoms with Crippen LogP contribution in [0.15, 0.2) is 35.3 Å². The summed E-state index contributed by atoms with van der Waals surface area (Å²) in [5.41, 5.74) is 0.585. The van der Waals surface area contributed by atoms with E-state index in [1.54, 1.807) is 29.8 Å². The molecule has 16 heavy (non-hydrogen) atoms. The van der Waals surface area contributed by atoms with E-state index in [0.29, 0.717) is 12.2 Å². The monoisotopic (exact) mass is 220 g/mol. The fourth-order valence-electron chi connectivity index (χ4n) is 1.36. The zero-order valence-corrected chi connectivity index (χ0v) is 9.56. The molecule has 0 aliphatic rings. The number of pyridine rings is 1. The topological polar surface area (TPSA) is 51.1 Å². The summed E-state index contributed by atoms with van der Waals surface area (Å²) in [6.07, 6.45) is 5.64. The molecule has 1 aromatic heterocycles. The van der Waals surface area contributed by atoms with Gasteiger partial charge in [-0.25, -0.2) is 0 Å². The van der Waals surface area contributed by atoms with Crippen molar-refractivity contribution in [3.8, 4) is 0 Å². The van der Waals surface area contributed by atoms with Crippen LogP contribution in [0.1, 0.15) is 20.3 Å². The summed E-state index contributed by atoms with van der Waals surface area (Å²) in [4.78, 5) is 22.7. The van der Waals surface area contributed by atoms with E-state index >= 15 is 0 Å². The Kier molecular flexibility index (Phi) is 4.51. The summed E-state index contributed by atoms with van der Waals surface area (Å²) in [7, 11) is 0. The van der Waals surface area contributed by atoms with Gasteiger partial charge in [-0.1, -0.05) is 13.0 Å². The number of carbonyl (C=O) groups is 1. The van der Waals surface area contributed by atoms with Crippen molar-refractivity contribution >= 4 is 11.6 Å². The average Bonchev–Trinajstić information content (AvgIpc) is 2.24. The predicted octanol–water partition coefficient (Wildman–Crippen LogP) is 1.77. The molecule has 0 aromatic carbocycles. The molecule has 1 N–H and O–H groups in total. The molecule has 0 atom stereocenters. The molecular formula is C12H16N2O2. The lowest BCUT2D eigenvalue weighted by atomic mass is 10.3. The molecule has 1 amide bonds. The van der Waals surface area contributed by atoms with Crippen LogP contribution in [0.2, 0.25) is 0 Å². The van der Waals surface area contributed by atoms with Gasteiger partial charge in [0.25, 0.3) is 5.56 Å². The van der Waals surface area contributed by atoms with Gasteiger partial charge in [0.15, 0.2) is 0 Å². The maximum absolute atomic E-state index is 11.4. The summed E-state index contributed by atoms with van der Waals surface area (Å²) in [5.74, 6) is -0.191. The number of anilines is 1. The maximum atomic E-state index is 11.4. The minimum absolute atomic E-state index is 0.0501. The lowest BCUT2D eigenvalue weighted by Crippen LogP contribution is -2.19. The second kappa shape index (κ2) is 5.90. The van der Waals surface area contributed by atoms with Crippen molar-refractivity contribution in [2.24, 2.45) is 0 Å². The van der Waals surface area contributed by atoms with Gasteiger partial charge in [0.05, 0.1) is 5.69 Å². The number of nitrogens with one attached hydrogen (secondary N) is 1. The summed E-state index contributed by atoms with van der Waals surface area (Å²) < 4.78 is 1.59. The number of rotatable bonds is 4. The second-order valence-corrected chi connectivity index (χ2v) is 3.44. The Balaban J connectivity index is 2.86. The summed E-state index contributed by atoms with van der Waals surface area (Å²) in [5, 5.41) is 2.68. The van der Waals surface area contributed by atoms with Gasteiger partial charge in [-0.05, 0) is 25.5 Å². The normalized spacial score (nSPS) is 10.6. The third kappa shape index (κ3) is 3.38. The molecule has 0 fully saturated rings. The van der Waals surface area contributed by atoms with Crippen LogP contribution in [0.25, 0.3) is 0 Å². The summed E-state index contributed by atoms with van der Waals surface area (Å²) >= 11 is 0. The minimum atomic E-state index is -0.191. The van der Waals surface area contributed by atoms with E-state index in [4.69, 9.17) is 0 Å². The van der Waals surface area contributed by atoms with Crippen LogP contribution in [0.5, 0.6) is 0 Å². The zero-order valence-electron chi connectivity index (χ0n) is 9.56. The molecule has 4 nitrogen and oxygen atoms in total. The van der Waals surface area contributed by atoms with Crippen LogP contribution >= 0.6 is 0 Å². The van der Waals surface area contributed by atoms with Crippen molar-refractivity contribution in [2.45, 2.75) is 26.8 Å². The van der Waals surface area contributed by atoms with E-state index in [9.17, 15) is 9.59 Å². The van der Waals surface area contributed by atoms with Crippen molar-refractivity contribution < 1.29 is 4.79 Å². The molecular weight excluding hydrogens is 204 g/mol. The van der Waals surface area contributed by atoms with Gasteiger partial charge in [0.2, 0.25) is 5.91 Å². The van der Waals surface area contributed by atoms with E-state index < -0.39 is 0 Å². The highest BCUT2D eigenvalue weighted by atomic mass is 16.1. The van der Waals surface area contributed by atoms with Crippen molar-refractivity contribution in [1.29, 1.82) is 0 Å². The Labute approximate surface area is 94.6 Å². The first-order valence-corrected chi connectivity index (χ1v) is 5.31. The molecule has 0 aliphatic carbocycles. The number of aryl methyl sites for hydroxylation is 1. The Morgan fingerprint density at radius 3 is 2.88 bits per heavy atom. The second-order valence-electron chi connectivity index (χ2n) is 3.44. The SMILES string of the molecule is CC=CC(=O)Nc1ccc(=O)n(CCC)c1. The molecule has 1 heterocycles. The fourth-order valence-corrected chi connectivity index (χ4v) is 1.36. The molecule has 0 unspecified atom stereocenters. The predicted molar refractivity (Wildman–Crippen MR) is 64.4 cm³/mol. The molecule has 0 bridgehead atoms. The van der Waals surface area contributed by atoms with Gasteiger partial charge in [-0.15, -0.1) is 0 Å². The first-order valence-electron chi connectivity index (χ1n) is 5.31. The van der Waals surface area contributed by atoms with E-state index in [1.807, 2.05) is 6.92 Å². The molecule has 0 aliphatic heterocycles. The molecule has 0 spiro atoms. The van der Waals surface area contributed by atoms with Crippen LogP contribution < -0.4 is 10.9 Å². The highest BCUT2D eigenvalue weighted by Gasteiger charge is 2.00. The highest BCUT2D eigenvalue weighted by Crippen LogP contribution is 2.03. The molecule has 0 saturated heterocycles. The van der Waals surface area contributed by atoms with E-state index in [0.717, 1.165) is 6.42 Å². The number of allylic oxidation sites excluding steroid dienone is 1. The van der Waals surface area contributed by atoms with Crippen molar-refractivity contribution in [1.82, 2.24) is 4.57 Å². The number of hydrogen-bond acceptors (Lipinski definition) is 2. The molecule has 4 heteroatoms. The fraction of sp³-hybridized carbons (Fsp3) is 0.333. The zero-order chi connectivity index (χ0) is 12.0. The number of amides is 1.